The molecule has 1 aliphatic rings. The molecule has 8 heteroatoms. The number of hydrogen-bond donors (Lipinski definition) is 0. The van der Waals surface area contributed by atoms with Gasteiger partial charge in [-0.1, -0.05) is 43.0 Å². The predicted octanol–water partition coefficient (Wildman–Crippen LogP) is 3.46. The number of nitrogens with zero attached hydrogens (tertiary/aromatic N) is 4. The molecule has 0 spiro atoms. The Morgan fingerprint density at radius 3 is 2.75 bits per heavy atom. The van der Waals surface area contributed by atoms with Crippen molar-refractivity contribution in [1.29, 1.82) is 0 Å². The highest BCUT2D eigenvalue weighted by molar-refractivity contribution is 7.15. The first-order chi connectivity index (χ1) is 13.5. The molecule has 3 heterocycles. The lowest BCUT2D eigenvalue weighted by Crippen LogP contribution is -2.46. The van der Waals surface area contributed by atoms with Gasteiger partial charge in [0.25, 0.3) is 5.88 Å². The Hall–Kier alpha value is -2.38. The van der Waals surface area contributed by atoms with Crippen LogP contribution in [0.25, 0.3) is 5.57 Å². The molecule has 2 aromatic heterocycles. The summed E-state index contributed by atoms with van der Waals surface area (Å²) in [5.74, 6) is 1.35. The lowest BCUT2D eigenvalue weighted by molar-refractivity contribution is -0.689. The molecule has 2 aromatic rings. The van der Waals surface area contributed by atoms with E-state index in [1.807, 2.05) is 16.1 Å². The number of likely N-dealkylation sites (N-methyl/N-ethyl adjacent to an activating group) is 1. The highest BCUT2D eigenvalue weighted by Crippen LogP contribution is 2.36. The van der Waals surface area contributed by atoms with E-state index in [0.717, 1.165) is 17.4 Å². The summed E-state index contributed by atoms with van der Waals surface area (Å²) in [6, 6.07) is -0.162. The molecule has 0 amide bonds. The molecule has 0 bridgehead atoms. The van der Waals surface area contributed by atoms with Crippen molar-refractivity contribution in [1.82, 2.24) is 9.55 Å². The number of halogens is 1. The maximum absolute atomic E-state index is 13.7. The van der Waals surface area contributed by atoms with Crippen LogP contribution >= 0.6 is 22.9 Å². The second kappa shape index (κ2) is 8.32. The Morgan fingerprint density at radius 2 is 2.25 bits per heavy atom. The van der Waals surface area contributed by atoms with E-state index < -0.39 is 0 Å². The molecule has 0 radical (unpaired) electrons. The first kappa shape index (κ1) is 20.4. The van der Waals surface area contributed by atoms with Crippen molar-refractivity contribution in [2.75, 3.05) is 25.1 Å². The van der Waals surface area contributed by atoms with Gasteiger partial charge in [0, 0.05) is 6.20 Å². The number of ether oxygens (including phenoxy) is 1. The van der Waals surface area contributed by atoms with Crippen molar-refractivity contribution < 1.29 is 9.30 Å². The van der Waals surface area contributed by atoms with Crippen LogP contribution in [0.3, 0.4) is 0 Å². The lowest BCUT2D eigenvalue weighted by atomic mass is 10.1. The third kappa shape index (κ3) is 3.18. The molecule has 0 aliphatic carbocycles. The van der Waals surface area contributed by atoms with E-state index in [-0.39, 0.29) is 11.6 Å². The van der Waals surface area contributed by atoms with Crippen LogP contribution in [0.1, 0.15) is 30.3 Å². The molecule has 0 saturated carbocycles. The number of methoxy groups -OCH3 is 1. The van der Waals surface area contributed by atoms with Crippen LogP contribution in [0.5, 0.6) is 5.88 Å². The molecule has 1 atom stereocenters. The molecule has 3 rings (SSSR count). The number of anilines is 1. The van der Waals surface area contributed by atoms with Gasteiger partial charge >= 0.3 is 11.5 Å². The van der Waals surface area contributed by atoms with Crippen LogP contribution in [0.2, 0.25) is 4.47 Å². The van der Waals surface area contributed by atoms with Gasteiger partial charge in [-0.3, -0.25) is 4.90 Å². The maximum atomic E-state index is 13.7. The van der Waals surface area contributed by atoms with Crippen molar-refractivity contribution in [2.24, 2.45) is 0 Å². The quantitative estimate of drug-likeness (QED) is 0.509. The van der Waals surface area contributed by atoms with E-state index in [1.54, 1.807) is 31.5 Å². The Morgan fingerprint density at radius 1 is 1.50 bits per heavy atom. The average molecular weight is 420 g/mol. The number of thiazole rings is 1. The molecule has 6 nitrogen and oxygen atoms in total. The average Bonchev–Trinajstić information content (AvgIpc) is 3.30. The second-order valence-electron chi connectivity index (χ2n) is 6.24. The third-order valence-corrected chi connectivity index (χ3v) is 6.07. The smallest absolute Gasteiger partial charge is 0.366 e. The van der Waals surface area contributed by atoms with E-state index in [1.165, 1.54) is 11.3 Å². The first-order valence-electron chi connectivity index (χ1n) is 9.10. The zero-order chi connectivity index (χ0) is 20.4. The van der Waals surface area contributed by atoms with E-state index in [2.05, 4.69) is 30.0 Å². The first-order valence-corrected chi connectivity index (χ1v) is 10.3. The van der Waals surface area contributed by atoms with Gasteiger partial charge in [-0.15, -0.1) is 11.3 Å². The summed E-state index contributed by atoms with van der Waals surface area (Å²) >= 11 is 7.48. The molecule has 1 aliphatic heterocycles. The fourth-order valence-electron chi connectivity index (χ4n) is 3.67. The van der Waals surface area contributed by atoms with Crippen molar-refractivity contribution in [2.45, 2.75) is 26.4 Å². The van der Waals surface area contributed by atoms with Crippen LogP contribution in [0.15, 0.2) is 42.4 Å². The number of hydrogen-bond acceptors (Lipinski definition) is 5. The van der Waals surface area contributed by atoms with Gasteiger partial charge in [-0.25, -0.2) is 9.78 Å². The monoisotopic (exact) mass is 419 g/mol. The molecule has 28 heavy (non-hydrogen) atoms. The SMILES string of the molecule is C=C/C=C(\C=C)c1c(OC)[n+](CC)c2n(c1=O)C(c1cnc(Cl)s1)CN2CC. The van der Waals surface area contributed by atoms with E-state index in [9.17, 15) is 4.79 Å². The highest BCUT2D eigenvalue weighted by Gasteiger charge is 2.43. The predicted molar refractivity (Wildman–Crippen MR) is 115 cm³/mol. The van der Waals surface area contributed by atoms with Crippen molar-refractivity contribution in [3.8, 4) is 5.88 Å². The van der Waals surface area contributed by atoms with Crippen molar-refractivity contribution >= 4 is 34.5 Å². The number of allylic oxidation sites excluding steroid dienone is 4. The summed E-state index contributed by atoms with van der Waals surface area (Å²) in [6.07, 6.45) is 6.81. The van der Waals surface area contributed by atoms with E-state index in [4.69, 9.17) is 16.3 Å². The zero-order valence-electron chi connectivity index (χ0n) is 16.3. The topological polar surface area (TPSA) is 51.2 Å². The number of fused-ring (bicyclic) bond motifs is 1. The number of aromatic nitrogens is 3. The molecule has 148 valence electrons. The van der Waals surface area contributed by atoms with Gasteiger partial charge in [0.2, 0.25) is 0 Å². The van der Waals surface area contributed by atoms with Crippen LogP contribution < -0.4 is 19.8 Å². The van der Waals surface area contributed by atoms with Gasteiger partial charge in [0.15, 0.2) is 10.5 Å². The third-order valence-electron chi connectivity index (χ3n) is 4.86. The van der Waals surface area contributed by atoms with Gasteiger partial charge < -0.3 is 4.74 Å². The molecule has 0 fully saturated rings. The van der Waals surface area contributed by atoms with Crippen LogP contribution in [0.4, 0.5) is 5.95 Å². The van der Waals surface area contributed by atoms with Crippen molar-refractivity contribution in [3.05, 3.63) is 62.8 Å². The summed E-state index contributed by atoms with van der Waals surface area (Å²) < 4.78 is 10.0. The summed E-state index contributed by atoms with van der Waals surface area (Å²) in [5.41, 5.74) is 1.02. The molecular formula is C20H24ClN4O2S+. The Bertz CT molecular complexity index is 1010. The highest BCUT2D eigenvalue weighted by atomic mass is 35.5. The summed E-state index contributed by atoms with van der Waals surface area (Å²) in [6.45, 7) is 13.8. The molecular weight excluding hydrogens is 396 g/mol. The van der Waals surface area contributed by atoms with Gasteiger partial charge in [0.1, 0.15) is 12.1 Å². The van der Waals surface area contributed by atoms with E-state index >= 15 is 0 Å². The molecule has 0 N–H and O–H groups in total. The van der Waals surface area contributed by atoms with Crippen molar-refractivity contribution in [3.63, 3.8) is 0 Å². The zero-order valence-corrected chi connectivity index (χ0v) is 17.9. The summed E-state index contributed by atoms with van der Waals surface area (Å²) in [7, 11) is 1.59. The normalized spacial score (nSPS) is 16.2. The van der Waals surface area contributed by atoms with Crippen LogP contribution in [0, 0.1) is 0 Å². The van der Waals surface area contributed by atoms with Gasteiger partial charge in [-0.05, 0) is 19.4 Å². The molecule has 1 unspecified atom stereocenters. The minimum Gasteiger partial charge on any atom is -0.471 e. The van der Waals surface area contributed by atoms with E-state index in [0.29, 0.717) is 34.6 Å². The second-order valence-corrected chi connectivity index (χ2v) is 7.88. The summed E-state index contributed by atoms with van der Waals surface area (Å²) in [4.78, 5) is 21.0. The largest absolute Gasteiger partial charge is 0.471 e. The fraction of sp³-hybridized carbons (Fsp3) is 0.350. The van der Waals surface area contributed by atoms with Crippen LogP contribution in [-0.4, -0.2) is 29.8 Å². The Balaban J connectivity index is 2.41. The molecule has 0 aromatic carbocycles. The summed E-state index contributed by atoms with van der Waals surface area (Å²) in [5, 5.41) is 0. The standard InChI is InChI=1S/C20H24ClN4O2S/c1-6-10-13(7-2)16-17(26)25-14(15-11-22-19(21)28-15)12-23(8-3)20(25)24(9-4)18(16)27-5/h6-7,10-11,14H,1-2,8-9,12H2,3-5H3/q+1/b13-10+. The number of rotatable bonds is 7. The minimum atomic E-state index is -0.162. The van der Waals surface area contributed by atoms with Gasteiger partial charge in [-0.2, -0.15) is 9.13 Å². The Labute approximate surface area is 173 Å². The maximum Gasteiger partial charge on any atom is 0.366 e. The molecule has 0 saturated heterocycles. The fourth-order valence-corrected chi connectivity index (χ4v) is 4.70. The van der Waals surface area contributed by atoms with Gasteiger partial charge in [0.05, 0.1) is 25.1 Å². The lowest BCUT2D eigenvalue weighted by Gasteiger charge is -2.17. The minimum absolute atomic E-state index is 0.130. The Kier molecular flexibility index (Phi) is 6.05. The van der Waals surface area contributed by atoms with Crippen LogP contribution in [-0.2, 0) is 6.54 Å².